The van der Waals surface area contributed by atoms with Gasteiger partial charge < -0.3 is 30.1 Å². The molecule has 2 heterocycles. The van der Waals surface area contributed by atoms with Crippen LogP contribution in [-0.4, -0.2) is 64.6 Å². The number of carboxylic acids is 2. The lowest BCUT2D eigenvalue weighted by atomic mass is 10.1. The molecule has 0 amide bonds. The molecule has 150 valence electrons. The average molecular weight is 397 g/mol. The molecule has 1 atom stereocenters. The zero-order chi connectivity index (χ0) is 20.6. The van der Waals surface area contributed by atoms with Crippen LogP contribution in [0.15, 0.2) is 17.1 Å². The van der Waals surface area contributed by atoms with E-state index >= 15 is 4.39 Å². The number of aliphatic hydroxyl groups excluding tert-OH is 1. The Kier molecular flexibility index (Phi) is 5.29. The molecule has 1 aromatic heterocycles. The number of rotatable bonds is 5. The molecule has 2 aromatic rings. The molecule has 28 heavy (non-hydrogen) atoms. The fourth-order valence-corrected chi connectivity index (χ4v) is 3.29. The number of halogens is 2. The van der Waals surface area contributed by atoms with Crippen LogP contribution in [0, 0.1) is 11.6 Å². The van der Waals surface area contributed by atoms with Gasteiger partial charge in [0, 0.05) is 32.4 Å². The largest absolute Gasteiger partial charge is 0.480 e. The molecule has 1 aliphatic rings. The number of carbonyl (C=O) groups is 2. The van der Waals surface area contributed by atoms with E-state index in [1.165, 1.54) is 4.90 Å². The predicted molar refractivity (Wildman–Crippen MR) is 93.9 cm³/mol. The standard InChI is InChI=1S/C17H17F2N3O6/c18-10-5-8-13(12(19)14(10)21-3-1-20-2-4-21)22(11(7-23)17(27)28)6-9(15(8)24)16(25)26/h5-6,11,20,23H,1-4,7H2,(H,25,26)(H,27,28). The predicted octanol–water partition coefficient (Wildman–Crippen LogP) is 0.00550. The fraction of sp³-hybridized carbons (Fsp3) is 0.353. The minimum absolute atomic E-state index is 0.277. The normalized spacial score (nSPS) is 15.6. The zero-order valence-electron chi connectivity index (χ0n) is 14.5. The summed E-state index contributed by atoms with van der Waals surface area (Å²) >= 11 is 0. The zero-order valence-corrected chi connectivity index (χ0v) is 14.5. The van der Waals surface area contributed by atoms with Gasteiger partial charge in [0.15, 0.2) is 11.9 Å². The SMILES string of the molecule is O=C(O)c1cn(C(CO)C(=O)O)c2c(F)c(N3CCNCC3)c(F)cc2c1=O. The lowest BCUT2D eigenvalue weighted by Crippen LogP contribution is -2.44. The molecular weight excluding hydrogens is 380 g/mol. The minimum Gasteiger partial charge on any atom is -0.480 e. The number of nitrogens with one attached hydrogen (secondary N) is 1. The molecule has 4 N–H and O–H groups in total. The van der Waals surface area contributed by atoms with Crippen LogP contribution in [0.4, 0.5) is 14.5 Å². The lowest BCUT2D eigenvalue weighted by molar-refractivity contribution is -0.142. The maximum atomic E-state index is 15.4. The summed E-state index contributed by atoms with van der Waals surface area (Å²) in [4.78, 5) is 36.7. The molecule has 3 rings (SSSR count). The van der Waals surface area contributed by atoms with Crippen molar-refractivity contribution in [1.29, 1.82) is 0 Å². The van der Waals surface area contributed by atoms with E-state index in [1.807, 2.05) is 0 Å². The highest BCUT2D eigenvalue weighted by Gasteiger charge is 2.29. The number of hydrogen-bond donors (Lipinski definition) is 4. The van der Waals surface area contributed by atoms with E-state index in [-0.39, 0.29) is 13.1 Å². The van der Waals surface area contributed by atoms with Crippen LogP contribution in [0.3, 0.4) is 0 Å². The van der Waals surface area contributed by atoms with Gasteiger partial charge in [-0.05, 0) is 6.07 Å². The second kappa shape index (κ2) is 7.52. The van der Waals surface area contributed by atoms with Crippen LogP contribution < -0.4 is 15.6 Å². The molecular formula is C17H17F2N3O6. The molecule has 1 unspecified atom stereocenters. The number of aliphatic hydroxyl groups is 1. The second-order valence-corrected chi connectivity index (χ2v) is 6.28. The van der Waals surface area contributed by atoms with Crippen LogP contribution in [-0.2, 0) is 4.79 Å². The van der Waals surface area contributed by atoms with Gasteiger partial charge in [-0.3, -0.25) is 4.79 Å². The van der Waals surface area contributed by atoms with E-state index in [9.17, 15) is 34.1 Å². The van der Waals surface area contributed by atoms with E-state index in [0.717, 1.165) is 0 Å². The molecule has 0 bridgehead atoms. The summed E-state index contributed by atoms with van der Waals surface area (Å²) in [5, 5.41) is 30.4. The Bertz CT molecular complexity index is 1020. The van der Waals surface area contributed by atoms with Crippen molar-refractivity contribution in [3.63, 3.8) is 0 Å². The molecule has 1 aromatic carbocycles. The summed E-state index contributed by atoms with van der Waals surface area (Å²) < 4.78 is 30.7. The molecule has 1 saturated heterocycles. The first-order valence-electron chi connectivity index (χ1n) is 8.37. The van der Waals surface area contributed by atoms with Crippen molar-refractivity contribution < 1.29 is 33.7 Å². The molecule has 0 spiro atoms. The summed E-state index contributed by atoms with van der Waals surface area (Å²) in [6.45, 7) is 0.497. The van der Waals surface area contributed by atoms with Crippen molar-refractivity contribution >= 4 is 28.5 Å². The van der Waals surface area contributed by atoms with Crippen molar-refractivity contribution in [1.82, 2.24) is 9.88 Å². The number of pyridine rings is 1. The van der Waals surface area contributed by atoms with E-state index < -0.39 is 63.8 Å². The molecule has 0 radical (unpaired) electrons. The number of nitrogens with zero attached hydrogens (tertiary/aromatic N) is 2. The highest BCUT2D eigenvalue weighted by Crippen LogP contribution is 2.31. The number of fused-ring (bicyclic) bond motifs is 1. The summed E-state index contributed by atoms with van der Waals surface area (Å²) in [7, 11) is 0. The highest BCUT2D eigenvalue weighted by atomic mass is 19.1. The molecule has 0 saturated carbocycles. The quantitative estimate of drug-likeness (QED) is 0.555. The molecule has 11 heteroatoms. The number of hydrogen-bond acceptors (Lipinski definition) is 6. The second-order valence-electron chi connectivity index (χ2n) is 6.28. The van der Waals surface area contributed by atoms with Crippen LogP contribution in [0.5, 0.6) is 0 Å². The number of anilines is 1. The van der Waals surface area contributed by atoms with Crippen molar-refractivity contribution in [3.05, 3.63) is 39.7 Å². The number of aliphatic carboxylic acids is 1. The van der Waals surface area contributed by atoms with Crippen LogP contribution in [0.2, 0.25) is 0 Å². The van der Waals surface area contributed by atoms with Crippen LogP contribution >= 0.6 is 0 Å². The van der Waals surface area contributed by atoms with Gasteiger partial charge in [0.2, 0.25) is 5.43 Å². The van der Waals surface area contributed by atoms with Crippen LogP contribution in [0.1, 0.15) is 16.4 Å². The number of carboxylic acid groups (broad SMARTS) is 2. The van der Waals surface area contributed by atoms with Crippen molar-refractivity contribution in [3.8, 4) is 0 Å². The number of piperazine rings is 1. The van der Waals surface area contributed by atoms with Gasteiger partial charge in [0.1, 0.15) is 17.1 Å². The number of aromatic carboxylic acids is 1. The van der Waals surface area contributed by atoms with Crippen molar-refractivity contribution in [2.75, 3.05) is 37.7 Å². The first-order valence-corrected chi connectivity index (χ1v) is 8.37. The van der Waals surface area contributed by atoms with E-state index in [1.54, 1.807) is 0 Å². The first kappa shape index (κ1) is 19.7. The monoisotopic (exact) mass is 397 g/mol. The molecule has 1 aliphatic heterocycles. The topological polar surface area (TPSA) is 132 Å². The third-order valence-corrected chi connectivity index (χ3v) is 4.64. The Labute approximate surface area is 156 Å². The number of aromatic nitrogens is 1. The maximum absolute atomic E-state index is 15.4. The lowest BCUT2D eigenvalue weighted by Gasteiger charge is -2.30. The number of benzene rings is 1. The maximum Gasteiger partial charge on any atom is 0.341 e. The average Bonchev–Trinajstić information content (AvgIpc) is 2.64. The summed E-state index contributed by atoms with van der Waals surface area (Å²) in [6.07, 6.45) is 0.657. The summed E-state index contributed by atoms with van der Waals surface area (Å²) in [5.41, 5.74) is -3.02. The summed E-state index contributed by atoms with van der Waals surface area (Å²) in [5.74, 6) is -5.51. The third kappa shape index (κ3) is 3.18. The molecule has 1 fully saturated rings. The minimum atomic E-state index is -1.77. The summed E-state index contributed by atoms with van der Waals surface area (Å²) in [6, 6.07) is -1.06. The molecule has 0 aliphatic carbocycles. The van der Waals surface area contributed by atoms with Gasteiger partial charge in [-0.2, -0.15) is 0 Å². The van der Waals surface area contributed by atoms with E-state index in [0.29, 0.717) is 29.9 Å². The van der Waals surface area contributed by atoms with Crippen LogP contribution in [0.25, 0.3) is 10.9 Å². The van der Waals surface area contributed by atoms with Crippen molar-refractivity contribution in [2.24, 2.45) is 0 Å². The Morgan fingerprint density at radius 2 is 1.86 bits per heavy atom. The van der Waals surface area contributed by atoms with E-state index in [4.69, 9.17) is 0 Å². The molecule has 9 nitrogen and oxygen atoms in total. The Balaban J connectivity index is 2.41. The highest BCUT2D eigenvalue weighted by molar-refractivity contribution is 5.94. The third-order valence-electron chi connectivity index (χ3n) is 4.64. The van der Waals surface area contributed by atoms with Gasteiger partial charge in [-0.15, -0.1) is 0 Å². The van der Waals surface area contributed by atoms with Gasteiger partial charge in [0.05, 0.1) is 17.5 Å². The van der Waals surface area contributed by atoms with Gasteiger partial charge in [-0.25, -0.2) is 18.4 Å². The van der Waals surface area contributed by atoms with Gasteiger partial charge in [0.25, 0.3) is 0 Å². The smallest absolute Gasteiger partial charge is 0.341 e. The Morgan fingerprint density at radius 3 is 2.39 bits per heavy atom. The van der Waals surface area contributed by atoms with Crippen molar-refractivity contribution in [2.45, 2.75) is 6.04 Å². The Morgan fingerprint density at radius 1 is 1.21 bits per heavy atom. The fourth-order valence-electron chi connectivity index (χ4n) is 3.29. The first-order chi connectivity index (χ1) is 13.3. The van der Waals surface area contributed by atoms with E-state index in [2.05, 4.69) is 5.32 Å². The Hall–Kier alpha value is -3.05. The van der Waals surface area contributed by atoms with Gasteiger partial charge >= 0.3 is 11.9 Å². The van der Waals surface area contributed by atoms with Gasteiger partial charge in [-0.1, -0.05) is 0 Å².